The van der Waals surface area contributed by atoms with Gasteiger partial charge in [0.25, 0.3) is 5.91 Å². The summed E-state index contributed by atoms with van der Waals surface area (Å²) in [5.74, 6) is -1.73. The number of carboxylic acids is 2. The van der Waals surface area contributed by atoms with E-state index >= 15 is 0 Å². The lowest BCUT2D eigenvalue weighted by Crippen LogP contribution is -2.29. The second-order valence-corrected chi connectivity index (χ2v) is 7.10. The van der Waals surface area contributed by atoms with E-state index in [1.54, 1.807) is 24.3 Å². The van der Waals surface area contributed by atoms with Crippen LogP contribution >= 0.6 is 24.0 Å². The Balaban J connectivity index is 2.16. The Morgan fingerprint density at radius 2 is 2.00 bits per heavy atom. The molecule has 144 valence electrons. The van der Waals surface area contributed by atoms with E-state index < -0.39 is 18.5 Å². The average Bonchev–Trinajstić information content (AvgIpc) is 2.87. The molecule has 0 radical (unpaired) electrons. The molecular weight excluding hydrogens is 394 g/mol. The van der Waals surface area contributed by atoms with Crippen LogP contribution < -0.4 is 9.47 Å². The fraction of sp³-hybridized carbons (Fsp3) is 0.294. The molecule has 10 heteroatoms. The van der Waals surface area contributed by atoms with Gasteiger partial charge in [-0.25, -0.2) is 4.79 Å². The summed E-state index contributed by atoms with van der Waals surface area (Å²) in [6.45, 7) is -0.282. The Morgan fingerprint density at radius 1 is 1.26 bits per heavy atom. The van der Waals surface area contributed by atoms with Crippen LogP contribution in [-0.4, -0.2) is 57.5 Å². The van der Waals surface area contributed by atoms with E-state index in [1.165, 1.54) is 12.0 Å². The van der Waals surface area contributed by atoms with Crippen molar-refractivity contribution < 1.29 is 34.1 Å². The zero-order valence-electron chi connectivity index (χ0n) is 14.3. The molecule has 1 aromatic carbocycles. The predicted molar refractivity (Wildman–Crippen MR) is 103 cm³/mol. The average molecular weight is 411 g/mol. The first-order chi connectivity index (χ1) is 12.8. The Hall–Kier alpha value is -2.59. The van der Waals surface area contributed by atoms with E-state index in [0.717, 1.165) is 11.8 Å². The topological polar surface area (TPSA) is 113 Å². The maximum Gasteiger partial charge on any atom is 0.341 e. The zero-order valence-corrected chi connectivity index (χ0v) is 16.0. The highest BCUT2D eigenvalue weighted by Gasteiger charge is 2.31. The molecule has 0 aromatic heterocycles. The molecule has 1 fully saturated rings. The summed E-state index contributed by atoms with van der Waals surface area (Å²) in [6.07, 6.45) is 1.88. The number of hydrogen-bond donors (Lipinski definition) is 2. The van der Waals surface area contributed by atoms with Gasteiger partial charge in [0.15, 0.2) is 18.1 Å². The molecule has 0 unspecified atom stereocenters. The van der Waals surface area contributed by atoms with Gasteiger partial charge in [0.1, 0.15) is 4.32 Å². The van der Waals surface area contributed by atoms with E-state index in [2.05, 4.69) is 0 Å². The summed E-state index contributed by atoms with van der Waals surface area (Å²) in [4.78, 5) is 35.6. The van der Waals surface area contributed by atoms with Crippen LogP contribution in [0.4, 0.5) is 0 Å². The molecule has 0 atom stereocenters. The van der Waals surface area contributed by atoms with Crippen LogP contribution in [0, 0.1) is 0 Å². The van der Waals surface area contributed by atoms with Gasteiger partial charge in [-0.15, -0.1) is 0 Å². The number of thioether (sulfide) groups is 1. The zero-order chi connectivity index (χ0) is 20.0. The van der Waals surface area contributed by atoms with Crippen LogP contribution in [0.3, 0.4) is 0 Å². The Morgan fingerprint density at radius 3 is 2.63 bits per heavy atom. The van der Waals surface area contributed by atoms with Crippen LogP contribution in [0.2, 0.25) is 0 Å². The van der Waals surface area contributed by atoms with Crippen LogP contribution in [0.1, 0.15) is 18.4 Å². The first-order valence-electron chi connectivity index (χ1n) is 7.81. The molecule has 1 aromatic rings. The normalized spacial score (nSPS) is 15.3. The van der Waals surface area contributed by atoms with E-state index in [-0.39, 0.29) is 24.6 Å². The molecule has 1 aliphatic rings. The number of aliphatic carboxylic acids is 2. The third kappa shape index (κ3) is 5.69. The van der Waals surface area contributed by atoms with Crippen molar-refractivity contribution in [1.82, 2.24) is 4.90 Å². The summed E-state index contributed by atoms with van der Waals surface area (Å²) in [5, 5.41) is 17.5. The second-order valence-electron chi connectivity index (χ2n) is 5.42. The van der Waals surface area contributed by atoms with E-state index in [0.29, 0.717) is 27.0 Å². The Labute approximate surface area is 164 Å². The molecule has 2 N–H and O–H groups in total. The number of hydrogen-bond acceptors (Lipinski definition) is 7. The van der Waals surface area contributed by atoms with Crippen LogP contribution in [0.15, 0.2) is 23.1 Å². The summed E-state index contributed by atoms with van der Waals surface area (Å²) < 4.78 is 10.7. The predicted octanol–water partition coefficient (Wildman–Crippen LogP) is 2.22. The first kappa shape index (κ1) is 20.7. The van der Waals surface area contributed by atoms with E-state index in [4.69, 9.17) is 31.9 Å². The molecule has 0 bridgehead atoms. The maximum absolute atomic E-state index is 12.5. The van der Waals surface area contributed by atoms with Crippen molar-refractivity contribution in [2.24, 2.45) is 0 Å². The fourth-order valence-electron chi connectivity index (χ4n) is 2.27. The Bertz CT molecular complexity index is 806. The SMILES string of the molecule is COc1ccc(/C=C2/SC(=S)N(CCCC(=O)O)C2=O)cc1OCC(=O)O. The van der Waals surface area contributed by atoms with Gasteiger partial charge >= 0.3 is 11.9 Å². The summed E-state index contributed by atoms with van der Waals surface area (Å²) in [5.41, 5.74) is 0.613. The number of thiocarbonyl (C=S) groups is 1. The quantitative estimate of drug-likeness (QED) is 0.466. The van der Waals surface area contributed by atoms with Crippen LogP contribution in [-0.2, 0) is 14.4 Å². The molecule has 1 heterocycles. The lowest BCUT2D eigenvalue weighted by molar-refractivity contribution is -0.139. The van der Waals surface area contributed by atoms with Crippen LogP contribution in [0.25, 0.3) is 6.08 Å². The lowest BCUT2D eigenvalue weighted by atomic mass is 10.2. The third-order valence-electron chi connectivity index (χ3n) is 3.48. The molecular formula is C17H17NO7S2. The number of carboxylic acid groups (broad SMARTS) is 2. The second kappa shape index (κ2) is 9.38. The highest BCUT2D eigenvalue weighted by atomic mass is 32.2. The van der Waals surface area contributed by atoms with Gasteiger partial charge < -0.3 is 19.7 Å². The minimum Gasteiger partial charge on any atom is -0.493 e. The number of benzene rings is 1. The number of methoxy groups -OCH3 is 1. The molecule has 0 aliphatic carbocycles. The van der Waals surface area contributed by atoms with Crippen LogP contribution in [0.5, 0.6) is 11.5 Å². The molecule has 27 heavy (non-hydrogen) atoms. The van der Waals surface area contributed by atoms with E-state index in [9.17, 15) is 14.4 Å². The highest BCUT2D eigenvalue weighted by Crippen LogP contribution is 2.34. The number of amides is 1. The van der Waals surface area contributed by atoms with Crippen molar-refractivity contribution in [1.29, 1.82) is 0 Å². The highest BCUT2D eigenvalue weighted by molar-refractivity contribution is 8.26. The number of nitrogens with zero attached hydrogens (tertiary/aromatic N) is 1. The number of carbonyl (C=O) groups excluding carboxylic acids is 1. The summed E-state index contributed by atoms with van der Waals surface area (Å²) >= 11 is 6.32. The third-order valence-corrected chi connectivity index (χ3v) is 4.86. The van der Waals surface area contributed by atoms with Crippen molar-refractivity contribution in [3.8, 4) is 11.5 Å². The molecule has 1 saturated heterocycles. The molecule has 0 saturated carbocycles. The van der Waals surface area contributed by atoms with Gasteiger partial charge in [-0.3, -0.25) is 14.5 Å². The number of rotatable bonds is 9. The fourth-order valence-corrected chi connectivity index (χ4v) is 3.58. The van der Waals surface area contributed by atoms with Gasteiger partial charge in [0.2, 0.25) is 0 Å². The van der Waals surface area contributed by atoms with Crippen molar-refractivity contribution in [3.05, 3.63) is 28.7 Å². The largest absolute Gasteiger partial charge is 0.493 e. The molecule has 8 nitrogen and oxygen atoms in total. The van der Waals surface area contributed by atoms with Crippen molar-refractivity contribution >= 4 is 52.2 Å². The van der Waals surface area contributed by atoms with Gasteiger partial charge in [0.05, 0.1) is 12.0 Å². The van der Waals surface area contributed by atoms with Crippen molar-refractivity contribution in [3.63, 3.8) is 0 Å². The van der Waals surface area contributed by atoms with Gasteiger partial charge in [-0.2, -0.15) is 0 Å². The summed E-state index contributed by atoms with van der Waals surface area (Å²) in [6, 6.07) is 4.87. The smallest absolute Gasteiger partial charge is 0.341 e. The molecule has 2 rings (SSSR count). The molecule has 1 aliphatic heterocycles. The first-order valence-corrected chi connectivity index (χ1v) is 9.04. The monoisotopic (exact) mass is 411 g/mol. The number of carbonyl (C=O) groups is 3. The minimum atomic E-state index is -1.12. The van der Waals surface area contributed by atoms with Gasteiger partial charge in [0, 0.05) is 13.0 Å². The van der Waals surface area contributed by atoms with Crippen molar-refractivity contribution in [2.75, 3.05) is 20.3 Å². The lowest BCUT2D eigenvalue weighted by Gasteiger charge is -2.13. The van der Waals surface area contributed by atoms with Gasteiger partial charge in [-0.1, -0.05) is 30.0 Å². The Kier molecular flexibility index (Phi) is 7.19. The molecule has 1 amide bonds. The number of ether oxygens (including phenoxy) is 2. The van der Waals surface area contributed by atoms with E-state index in [1.807, 2.05) is 0 Å². The minimum absolute atomic E-state index is 0.0428. The summed E-state index contributed by atoms with van der Waals surface area (Å²) in [7, 11) is 1.44. The van der Waals surface area contributed by atoms with Crippen molar-refractivity contribution in [2.45, 2.75) is 12.8 Å². The maximum atomic E-state index is 12.5. The van der Waals surface area contributed by atoms with Gasteiger partial charge in [-0.05, 0) is 30.2 Å². The molecule has 0 spiro atoms. The standard InChI is InChI=1S/C17H17NO7S2/c1-24-11-5-4-10(7-12(11)25-9-15(21)22)8-13-16(23)18(17(26)27-13)6-2-3-14(19)20/h4-5,7-8H,2-3,6,9H2,1H3,(H,19,20)(H,21,22)/b13-8+.